The van der Waals surface area contributed by atoms with Gasteiger partial charge >= 0.3 is 52.1 Å². The molecule has 0 spiro atoms. The Balaban J connectivity index is 0.000000247. The van der Waals surface area contributed by atoms with Crippen molar-refractivity contribution in [3.63, 3.8) is 0 Å². The van der Waals surface area contributed by atoms with Crippen molar-refractivity contribution in [2.24, 2.45) is 34.5 Å². The fourth-order valence-corrected chi connectivity index (χ4v) is 15.4. The second-order valence-corrected chi connectivity index (χ2v) is 32.3. The number of hydrogen-bond acceptors (Lipinski definition) is 9. The van der Waals surface area contributed by atoms with Gasteiger partial charge in [0.2, 0.25) is 5.97 Å². The third-order valence-electron chi connectivity index (χ3n) is 19.4. The van der Waals surface area contributed by atoms with Gasteiger partial charge in [0, 0.05) is 46.4 Å². The zero-order valence-electron chi connectivity index (χ0n) is 55.9. The minimum atomic E-state index is -3.43. The fourth-order valence-electron chi connectivity index (χ4n) is 15.4. The van der Waals surface area contributed by atoms with E-state index in [1.54, 1.807) is 0 Å². The van der Waals surface area contributed by atoms with Crippen LogP contribution in [0.1, 0.15) is 225 Å². The van der Waals surface area contributed by atoms with Crippen LogP contribution in [0.3, 0.4) is 0 Å². The van der Waals surface area contributed by atoms with Gasteiger partial charge < -0.3 is 40.9 Å². The summed E-state index contributed by atoms with van der Waals surface area (Å²) in [6, 6.07) is 35.7. The minimum absolute atomic E-state index is 0. The van der Waals surface area contributed by atoms with Gasteiger partial charge in [-0.05, 0) is 158 Å². The van der Waals surface area contributed by atoms with E-state index in [-0.39, 0.29) is 98.5 Å². The molecule has 16 heteroatoms. The first kappa shape index (κ1) is 77.4. The van der Waals surface area contributed by atoms with Gasteiger partial charge in [-0.1, -0.05) is 180 Å². The average Bonchev–Trinajstić information content (AvgIpc) is 0.804. The Bertz CT molecular complexity index is 2820. The molecule has 486 valence electrons. The third-order valence-corrected chi connectivity index (χ3v) is 19.4. The predicted octanol–water partition coefficient (Wildman–Crippen LogP) is 10.7. The van der Waals surface area contributed by atoms with Crippen molar-refractivity contribution >= 4 is 22.5 Å². The van der Waals surface area contributed by atoms with Crippen LogP contribution in [-0.2, 0) is 62.2 Å². The van der Waals surface area contributed by atoms with Gasteiger partial charge in [0.1, 0.15) is 0 Å². The molecule has 8 aliphatic rings. The van der Waals surface area contributed by atoms with E-state index in [4.69, 9.17) is 22.1 Å². The summed E-state index contributed by atoms with van der Waals surface area (Å²) in [5.74, 6) is -4.53. The number of benzene rings is 4. The molecule has 12 rings (SSSR count). The van der Waals surface area contributed by atoms with Crippen LogP contribution < -0.4 is 42.0 Å². The third kappa shape index (κ3) is 20.5. The second kappa shape index (κ2) is 28.7. The number of carbonyl (C=O) groups excluding carboxylic acids is 2. The summed E-state index contributed by atoms with van der Waals surface area (Å²) in [5, 5.41) is 21.0. The molecule has 8 saturated carbocycles. The molecule has 0 saturated heterocycles. The van der Waals surface area contributed by atoms with Gasteiger partial charge in [0.15, 0.2) is 10.8 Å². The van der Waals surface area contributed by atoms with Crippen molar-refractivity contribution in [2.75, 3.05) is 13.2 Å². The summed E-state index contributed by atoms with van der Waals surface area (Å²) in [5.41, 5.74) is 8.94. The maximum Gasteiger partial charge on any atom is 1.00 e. The van der Waals surface area contributed by atoms with E-state index in [0.717, 1.165) is 64.2 Å². The molecule has 0 amide bonds. The van der Waals surface area contributed by atoms with Gasteiger partial charge in [-0.2, -0.15) is 8.78 Å². The molecule has 89 heavy (non-hydrogen) atoms. The van der Waals surface area contributed by atoms with Crippen LogP contribution in [0.5, 0.6) is 0 Å². The van der Waals surface area contributed by atoms with Crippen molar-refractivity contribution in [1.29, 1.82) is 0 Å². The Morgan fingerprint density at radius 1 is 0.472 bits per heavy atom. The molecule has 4 aromatic rings. The molecule has 0 radical (unpaired) electrons. The number of ether oxygens (including phenoxy) is 2. The van der Waals surface area contributed by atoms with E-state index in [9.17, 15) is 37.4 Å². The van der Waals surface area contributed by atoms with Gasteiger partial charge in [0.25, 0.3) is 0 Å². The molecule has 0 aromatic heterocycles. The van der Waals surface area contributed by atoms with Crippen LogP contribution in [0.4, 0.5) is 17.6 Å². The molecule has 8 fully saturated rings. The molecular formula is C73H99ClF4NaO9S+. The number of esters is 2. The molecule has 8 bridgehead atoms. The van der Waals surface area contributed by atoms with Gasteiger partial charge in [-0.3, -0.25) is 4.79 Å². The van der Waals surface area contributed by atoms with Crippen LogP contribution in [0.25, 0.3) is 0 Å². The van der Waals surface area contributed by atoms with E-state index in [0.29, 0.717) is 43.4 Å². The second-order valence-electron chi connectivity index (χ2n) is 31.8. The number of carbonyl (C=O) groups is 2. The Kier molecular flexibility index (Phi) is 25.0. The predicted molar refractivity (Wildman–Crippen MR) is 336 cm³/mol. The number of halogens is 5. The number of rotatable bonds is 10. The molecule has 9 nitrogen and oxygen atoms in total. The van der Waals surface area contributed by atoms with Crippen molar-refractivity contribution < 1.29 is 101 Å². The summed E-state index contributed by atoms with van der Waals surface area (Å²) >= 11 is 0. The van der Waals surface area contributed by atoms with Crippen LogP contribution in [0.15, 0.2) is 97.1 Å². The summed E-state index contributed by atoms with van der Waals surface area (Å²) < 4.78 is 84.6. The molecule has 4 unspecified atom stereocenters. The summed E-state index contributed by atoms with van der Waals surface area (Å²) in [4.78, 5) is 22.0. The summed E-state index contributed by atoms with van der Waals surface area (Å²) in [6.45, 7) is 41.0. The zero-order valence-corrected chi connectivity index (χ0v) is 59.5. The van der Waals surface area contributed by atoms with Crippen molar-refractivity contribution in [3.8, 4) is 0 Å². The van der Waals surface area contributed by atoms with Gasteiger partial charge in [0.05, 0.1) is 38.3 Å². The van der Waals surface area contributed by atoms with Crippen molar-refractivity contribution in [3.05, 3.63) is 162 Å². The molecule has 8 aliphatic carbocycles. The normalized spacial score (nSPS) is 25.7. The van der Waals surface area contributed by atoms with Crippen LogP contribution >= 0.6 is 0 Å². The average molecular weight is 1290 g/mol. The van der Waals surface area contributed by atoms with E-state index < -0.39 is 46.1 Å². The zero-order chi connectivity index (χ0) is 65.4. The van der Waals surface area contributed by atoms with Crippen LogP contribution in [0, 0.1) is 54.8 Å². The molecule has 4 aromatic carbocycles. The molecule has 2 N–H and O–H groups in total. The Morgan fingerprint density at radius 2 is 0.685 bits per heavy atom. The van der Waals surface area contributed by atoms with Gasteiger partial charge in [-0.15, -0.1) is 12.6 Å². The quantitative estimate of drug-likeness (QED) is 0.0686. The first-order valence-corrected chi connectivity index (χ1v) is 31.9. The van der Waals surface area contributed by atoms with Crippen molar-refractivity contribution in [2.45, 2.75) is 231 Å². The molecule has 0 heterocycles. The van der Waals surface area contributed by atoms with E-state index >= 15 is 0 Å². The Hall–Kier alpha value is -4.02. The number of aliphatic hydroxyl groups is 2. The first-order valence-electron chi connectivity index (χ1n) is 30.9. The van der Waals surface area contributed by atoms with Crippen LogP contribution in [0.2, 0.25) is 0 Å². The fraction of sp³-hybridized carbons (Fsp3) is 0.603. The Labute approximate surface area is 560 Å². The smallest absolute Gasteiger partial charge is 1.00 e. The SMILES string of the molecule is CC(F)(F)C(=O)OCC12CC3CC(CC(O)(C3)C1)C2.O=C(OCC12CC3CC(CC(O)(C3)C1)C2)[C-](F)F.O=S(=O)=O.[CH2+]C(C)(c1ccc(C(C)(C)C)cc1)c1ccc(C(C)(C)C)cc1.[CH2+]C(C)(c1ccc(C(C)(C)C)cc1)c1ccc(C(C)(C)C)cc1.[Cl-].[Na+]. The minimum Gasteiger partial charge on any atom is -1.00 e. The van der Waals surface area contributed by atoms with E-state index in [1.807, 2.05) is 0 Å². The maximum absolute atomic E-state index is 12.8. The standard InChI is InChI=1S/2C23H31.C14H20F2O3.C13H17F2O3.ClH.Na.O3S/c2*1-21(2,3)17-9-13-19(14-10-17)23(7,8)20-15-11-18(12-16-20)22(4,5)6;1-12(15,16)11(17)19-8-13-3-9-2-10(4-13)6-14(18,5-9)7-13;14-10(15)11(16)18-7-12-2-8-1-9(3-12)5-13(17,4-8)6-12;;;1-4(2)3/h2*9-16H,7H2,1-6,8H3;9-10,18H,2-8H2,1H3;8-9,17H,1-7H2;1H;;/q2*+1;;-1;;+1;/p-1. The maximum atomic E-state index is 12.8. The van der Waals surface area contributed by atoms with Crippen molar-refractivity contribution in [1.82, 2.24) is 0 Å². The van der Waals surface area contributed by atoms with Gasteiger partial charge in [-0.25, -0.2) is 4.79 Å². The summed E-state index contributed by atoms with van der Waals surface area (Å²) in [7, 11) is -3.11. The Morgan fingerprint density at radius 3 is 0.876 bits per heavy atom. The molecule has 0 aliphatic heterocycles. The van der Waals surface area contributed by atoms with E-state index in [1.165, 1.54) is 44.5 Å². The van der Waals surface area contributed by atoms with Crippen LogP contribution in [-0.4, -0.2) is 65.1 Å². The van der Waals surface area contributed by atoms with E-state index in [2.05, 4.69) is 208 Å². The number of alkyl halides is 2. The summed E-state index contributed by atoms with van der Waals surface area (Å²) in [6.07, 6.45) is 8.02. The largest absolute Gasteiger partial charge is 1.00 e. The first-order chi connectivity index (χ1) is 39.7. The monoisotopic (exact) mass is 1290 g/mol. The topological polar surface area (TPSA) is 144 Å². The molecule has 4 atom stereocenters. The molecular weight excluding hydrogens is 1190 g/mol. The number of hydrogen-bond donors (Lipinski definition) is 2.